The van der Waals surface area contributed by atoms with E-state index >= 15 is 0 Å². The first kappa shape index (κ1) is 19.4. The number of aliphatic carboxylic acids is 1. The molecule has 2 N–H and O–H groups in total. The normalized spacial score (nSPS) is 22.3. The number of rotatable bonds is 6. The SMILES string of the molecule is CC1=C(C(=O)O)N2C(=O)[C@@H](NC(=O)CO/N=C(\C)c3cc(Br)no3)[C@H]2SC1. The molecule has 3 rings (SSSR count). The molecule has 0 bridgehead atoms. The summed E-state index contributed by atoms with van der Waals surface area (Å²) in [7, 11) is 0. The molecule has 144 valence electrons. The van der Waals surface area contributed by atoms with Crippen molar-refractivity contribution < 1.29 is 28.9 Å². The largest absolute Gasteiger partial charge is 0.477 e. The van der Waals surface area contributed by atoms with Gasteiger partial charge in [0.2, 0.25) is 0 Å². The third kappa shape index (κ3) is 3.86. The topological polar surface area (TPSA) is 134 Å². The third-order valence-electron chi connectivity index (χ3n) is 3.91. The van der Waals surface area contributed by atoms with E-state index in [0.29, 0.717) is 27.4 Å². The number of carbonyl (C=O) groups is 3. The van der Waals surface area contributed by atoms with Crippen molar-refractivity contribution >= 4 is 51.2 Å². The van der Waals surface area contributed by atoms with Gasteiger partial charge in [-0.2, -0.15) is 0 Å². The monoisotopic (exact) mass is 458 g/mol. The maximum atomic E-state index is 12.3. The highest BCUT2D eigenvalue weighted by molar-refractivity contribution is 9.10. The van der Waals surface area contributed by atoms with Crippen molar-refractivity contribution in [2.24, 2.45) is 5.16 Å². The zero-order valence-corrected chi connectivity index (χ0v) is 16.7. The number of hydrogen-bond acceptors (Lipinski definition) is 8. The average Bonchev–Trinajstić information content (AvgIpc) is 3.05. The summed E-state index contributed by atoms with van der Waals surface area (Å²) in [5, 5.41) is 18.8. The Labute approximate surface area is 166 Å². The molecule has 0 unspecified atom stereocenters. The maximum absolute atomic E-state index is 12.3. The van der Waals surface area contributed by atoms with Gasteiger partial charge < -0.3 is 19.8 Å². The van der Waals surface area contributed by atoms with Crippen LogP contribution in [0.3, 0.4) is 0 Å². The van der Waals surface area contributed by atoms with E-state index in [2.05, 4.69) is 31.6 Å². The van der Waals surface area contributed by atoms with E-state index in [4.69, 9.17) is 9.36 Å². The molecule has 0 aliphatic carbocycles. The van der Waals surface area contributed by atoms with Crippen LogP contribution in [-0.4, -0.2) is 62.4 Å². The zero-order valence-electron chi connectivity index (χ0n) is 14.3. The number of carboxylic acid groups (broad SMARTS) is 1. The van der Waals surface area contributed by atoms with Crippen LogP contribution in [0.15, 0.2) is 31.6 Å². The minimum atomic E-state index is -1.15. The van der Waals surface area contributed by atoms with Gasteiger partial charge in [-0.1, -0.05) is 10.3 Å². The van der Waals surface area contributed by atoms with E-state index < -0.39 is 35.8 Å². The number of oxime groups is 1. The average molecular weight is 459 g/mol. The van der Waals surface area contributed by atoms with Crippen LogP contribution in [0.25, 0.3) is 0 Å². The quantitative estimate of drug-likeness (QED) is 0.365. The van der Waals surface area contributed by atoms with Gasteiger partial charge in [0, 0.05) is 11.8 Å². The lowest BCUT2D eigenvalue weighted by Gasteiger charge is -2.49. The Balaban J connectivity index is 1.54. The lowest BCUT2D eigenvalue weighted by atomic mass is 10.0. The molecule has 3 heterocycles. The second-order valence-corrected chi connectivity index (χ2v) is 7.77. The van der Waals surface area contributed by atoms with E-state index in [1.54, 1.807) is 19.9 Å². The lowest BCUT2D eigenvalue weighted by molar-refractivity contribution is -0.151. The van der Waals surface area contributed by atoms with Gasteiger partial charge in [-0.3, -0.25) is 14.5 Å². The van der Waals surface area contributed by atoms with Crippen LogP contribution in [0.5, 0.6) is 0 Å². The fourth-order valence-electron chi connectivity index (χ4n) is 2.65. The molecule has 10 nitrogen and oxygen atoms in total. The lowest BCUT2D eigenvalue weighted by Crippen LogP contribution is -2.70. The van der Waals surface area contributed by atoms with Gasteiger partial charge in [0.25, 0.3) is 11.8 Å². The Bertz CT molecular complexity index is 866. The third-order valence-corrected chi connectivity index (χ3v) is 5.71. The molecule has 0 aromatic carbocycles. The molecule has 0 saturated carbocycles. The predicted molar refractivity (Wildman–Crippen MR) is 97.7 cm³/mol. The summed E-state index contributed by atoms with van der Waals surface area (Å²) in [6, 6.07) is 0.809. The fourth-order valence-corrected chi connectivity index (χ4v) is 4.22. The van der Waals surface area contributed by atoms with Crippen molar-refractivity contribution in [2.45, 2.75) is 25.3 Å². The van der Waals surface area contributed by atoms with Crippen molar-refractivity contribution in [3.05, 3.63) is 27.7 Å². The molecular weight excluding hydrogens is 444 g/mol. The van der Waals surface area contributed by atoms with Crippen LogP contribution in [-0.2, 0) is 19.2 Å². The first-order chi connectivity index (χ1) is 12.8. The van der Waals surface area contributed by atoms with Crippen LogP contribution >= 0.6 is 27.7 Å². The van der Waals surface area contributed by atoms with Crippen molar-refractivity contribution in [3.8, 4) is 0 Å². The van der Waals surface area contributed by atoms with E-state index in [-0.39, 0.29) is 5.70 Å². The Morgan fingerprint density at radius 2 is 2.33 bits per heavy atom. The number of thioether (sulfide) groups is 1. The van der Waals surface area contributed by atoms with Crippen molar-refractivity contribution in [1.29, 1.82) is 0 Å². The molecule has 1 fully saturated rings. The summed E-state index contributed by atoms with van der Waals surface area (Å²) in [5.41, 5.74) is 1.000. The number of carbonyl (C=O) groups excluding carboxylic acids is 2. The number of nitrogens with zero attached hydrogens (tertiary/aromatic N) is 3. The Morgan fingerprint density at radius 1 is 1.59 bits per heavy atom. The number of fused-ring (bicyclic) bond motifs is 1. The van der Waals surface area contributed by atoms with Crippen LogP contribution in [0.1, 0.15) is 19.6 Å². The summed E-state index contributed by atoms with van der Waals surface area (Å²) in [6.07, 6.45) is 0. The van der Waals surface area contributed by atoms with Crippen LogP contribution in [0.2, 0.25) is 0 Å². The predicted octanol–water partition coefficient (Wildman–Crippen LogP) is 0.936. The zero-order chi connectivity index (χ0) is 19.7. The number of β-lactam (4-membered cyclic amide) rings is 1. The highest BCUT2D eigenvalue weighted by Gasteiger charge is 2.53. The Kier molecular flexibility index (Phi) is 5.56. The van der Waals surface area contributed by atoms with Gasteiger partial charge in [-0.05, 0) is 35.4 Å². The summed E-state index contributed by atoms with van der Waals surface area (Å²) in [5.74, 6) is -1.28. The first-order valence-corrected chi connectivity index (χ1v) is 9.60. The number of amides is 2. The number of halogens is 1. The highest BCUT2D eigenvalue weighted by atomic mass is 79.9. The molecule has 2 amide bonds. The van der Waals surface area contributed by atoms with Crippen molar-refractivity contribution in [3.63, 3.8) is 0 Å². The summed E-state index contributed by atoms with van der Waals surface area (Å²) in [4.78, 5) is 41.8. The smallest absolute Gasteiger partial charge is 0.352 e. The van der Waals surface area contributed by atoms with Crippen molar-refractivity contribution in [1.82, 2.24) is 15.4 Å². The van der Waals surface area contributed by atoms with Gasteiger partial charge in [-0.25, -0.2) is 4.79 Å². The number of nitrogens with one attached hydrogen (secondary N) is 1. The second kappa shape index (κ2) is 7.72. The molecule has 27 heavy (non-hydrogen) atoms. The molecule has 1 saturated heterocycles. The van der Waals surface area contributed by atoms with Crippen LogP contribution in [0, 0.1) is 0 Å². The number of aromatic nitrogens is 1. The number of hydrogen-bond donors (Lipinski definition) is 2. The molecule has 2 aliphatic heterocycles. The first-order valence-electron chi connectivity index (χ1n) is 7.76. The number of carboxylic acids is 1. The Morgan fingerprint density at radius 3 is 2.96 bits per heavy atom. The molecule has 2 aliphatic rings. The van der Waals surface area contributed by atoms with Gasteiger partial charge in [0.15, 0.2) is 12.4 Å². The summed E-state index contributed by atoms with van der Waals surface area (Å²) < 4.78 is 5.48. The molecule has 0 radical (unpaired) electrons. The minimum Gasteiger partial charge on any atom is -0.477 e. The summed E-state index contributed by atoms with van der Waals surface area (Å²) in [6.45, 7) is 2.90. The highest BCUT2D eigenvalue weighted by Crippen LogP contribution is 2.40. The maximum Gasteiger partial charge on any atom is 0.352 e. The molecule has 1 aromatic rings. The molecule has 0 spiro atoms. The second-order valence-electron chi connectivity index (χ2n) is 5.85. The summed E-state index contributed by atoms with van der Waals surface area (Å²) >= 11 is 4.54. The van der Waals surface area contributed by atoms with Gasteiger partial charge in [0.1, 0.15) is 27.4 Å². The molecular formula is C15H15BrN4O6S. The van der Waals surface area contributed by atoms with E-state index in [1.165, 1.54) is 16.7 Å². The minimum absolute atomic E-state index is 0.0102. The van der Waals surface area contributed by atoms with Crippen LogP contribution in [0.4, 0.5) is 0 Å². The Hall–Kier alpha value is -2.34. The van der Waals surface area contributed by atoms with E-state index in [1.807, 2.05) is 0 Å². The molecule has 2 atom stereocenters. The van der Waals surface area contributed by atoms with Gasteiger partial charge in [0.05, 0.1) is 0 Å². The molecule has 12 heteroatoms. The molecule has 1 aromatic heterocycles. The van der Waals surface area contributed by atoms with Gasteiger partial charge >= 0.3 is 5.97 Å². The van der Waals surface area contributed by atoms with E-state index in [9.17, 15) is 19.5 Å². The van der Waals surface area contributed by atoms with E-state index in [0.717, 1.165) is 0 Å². The van der Waals surface area contributed by atoms with Gasteiger partial charge in [-0.15, -0.1) is 11.8 Å². The standard InChI is InChI=1S/C15H15BrN4O6S/c1-6-5-27-14-11(13(22)20(14)12(6)15(23)24)17-10(21)4-25-18-7(2)8-3-9(16)19-26-8/h3,11,14H,4-5H2,1-2H3,(H,17,21)(H,23,24)/b18-7+/t11-,14-/m1/s1. The van der Waals surface area contributed by atoms with Crippen molar-refractivity contribution in [2.75, 3.05) is 12.4 Å². The van der Waals surface area contributed by atoms with Crippen LogP contribution < -0.4 is 5.32 Å². The fraction of sp³-hybridized carbons (Fsp3) is 0.400.